The van der Waals surface area contributed by atoms with Crippen LogP contribution in [0.1, 0.15) is 23.0 Å². The number of nitrogens with two attached hydrogens (primary N) is 1. The number of rotatable bonds is 5. The largest absolute Gasteiger partial charge is 0.497 e. The number of aryl methyl sites for hydroxylation is 1. The number of benzene rings is 1. The van der Waals surface area contributed by atoms with E-state index in [4.69, 9.17) is 10.5 Å². The highest BCUT2D eigenvalue weighted by molar-refractivity contribution is 5.93. The third-order valence-corrected chi connectivity index (χ3v) is 3.45. The van der Waals surface area contributed by atoms with Crippen LogP contribution in [0.15, 0.2) is 36.5 Å². The molecule has 0 aliphatic heterocycles. The molecule has 1 aromatic carbocycles. The summed E-state index contributed by atoms with van der Waals surface area (Å²) in [6.45, 7) is 3.16. The molecule has 2 rings (SSSR count). The minimum atomic E-state index is -0.0208. The minimum Gasteiger partial charge on any atom is -0.497 e. The third-order valence-electron chi connectivity index (χ3n) is 3.45. The molecule has 0 atom stereocenters. The van der Waals surface area contributed by atoms with Crippen LogP contribution in [0.3, 0.4) is 0 Å². The van der Waals surface area contributed by atoms with Crippen LogP contribution < -0.4 is 10.5 Å². The quantitative estimate of drug-likeness (QED) is 0.917. The van der Waals surface area contributed by atoms with Crippen LogP contribution in [0, 0.1) is 0 Å². The fraction of sp³-hybridized carbons (Fsp3) is 0.312. The lowest BCUT2D eigenvalue weighted by atomic mass is 10.2. The maximum absolute atomic E-state index is 12.6. The predicted molar refractivity (Wildman–Crippen MR) is 83.2 cm³/mol. The fourth-order valence-electron chi connectivity index (χ4n) is 2.24. The molecule has 0 saturated heterocycles. The van der Waals surface area contributed by atoms with Gasteiger partial charge in [0.05, 0.1) is 12.8 Å². The van der Waals surface area contributed by atoms with E-state index in [9.17, 15) is 4.79 Å². The van der Waals surface area contributed by atoms with Crippen molar-refractivity contribution in [2.75, 3.05) is 19.4 Å². The summed E-state index contributed by atoms with van der Waals surface area (Å²) in [7, 11) is 3.46. The summed E-state index contributed by atoms with van der Waals surface area (Å²) < 4.78 is 6.90. The molecule has 0 aliphatic rings. The van der Waals surface area contributed by atoms with Gasteiger partial charge < -0.3 is 19.9 Å². The van der Waals surface area contributed by atoms with Gasteiger partial charge in [-0.2, -0.15) is 0 Å². The number of ether oxygens (including phenoxy) is 1. The Morgan fingerprint density at radius 1 is 1.33 bits per heavy atom. The normalized spacial score (nSPS) is 10.4. The van der Waals surface area contributed by atoms with Gasteiger partial charge >= 0.3 is 0 Å². The van der Waals surface area contributed by atoms with Crippen molar-refractivity contribution in [2.45, 2.75) is 13.5 Å². The summed E-state index contributed by atoms with van der Waals surface area (Å²) in [5.74, 6) is 0.788. The van der Waals surface area contributed by atoms with Crippen molar-refractivity contribution in [3.63, 3.8) is 0 Å². The summed E-state index contributed by atoms with van der Waals surface area (Å²) in [5, 5.41) is 0. The molecule has 0 fully saturated rings. The Morgan fingerprint density at radius 3 is 2.48 bits per heavy atom. The number of nitrogen functional groups attached to an aromatic ring is 1. The Labute approximate surface area is 124 Å². The zero-order chi connectivity index (χ0) is 15.4. The molecule has 1 amide bonds. The molecule has 2 N–H and O–H groups in total. The Kier molecular flexibility index (Phi) is 4.52. The summed E-state index contributed by atoms with van der Waals surface area (Å²) >= 11 is 0. The molecular weight excluding hydrogens is 266 g/mol. The molecular formula is C16H21N3O2. The first kappa shape index (κ1) is 15.0. The molecule has 0 spiro atoms. The molecule has 5 heteroatoms. The van der Waals surface area contributed by atoms with Gasteiger partial charge in [0.2, 0.25) is 0 Å². The standard InChI is InChI=1S/C16H21N3O2/c1-4-19(10-12-5-7-14(21-3)8-6-12)16(20)15-9-13(17)11-18(15)2/h5-9,11H,4,10,17H2,1-3H3. The molecule has 5 nitrogen and oxygen atoms in total. The lowest BCUT2D eigenvalue weighted by Gasteiger charge is -2.21. The van der Waals surface area contributed by atoms with Gasteiger partial charge in [0.25, 0.3) is 5.91 Å². The second-order valence-electron chi connectivity index (χ2n) is 4.94. The van der Waals surface area contributed by atoms with Gasteiger partial charge in [-0.25, -0.2) is 0 Å². The third kappa shape index (κ3) is 3.37. The Balaban J connectivity index is 2.15. The first-order valence-electron chi connectivity index (χ1n) is 6.89. The van der Waals surface area contributed by atoms with E-state index in [1.54, 1.807) is 28.8 Å². The highest BCUT2D eigenvalue weighted by Gasteiger charge is 2.18. The molecule has 0 saturated carbocycles. The predicted octanol–water partition coefficient (Wildman–Crippen LogP) is 2.28. The molecule has 0 unspecified atom stereocenters. The van der Waals surface area contributed by atoms with Gasteiger partial charge in [0.1, 0.15) is 11.4 Å². The second kappa shape index (κ2) is 6.35. The second-order valence-corrected chi connectivity index (χ2v) is 4.94. The van der Waals surface area contributed by atoms with E-state index in [1.807, 2.05) is 38.2 Å². The summed E-state index contributed by atoms with van der Waals surface area (Å²) in [4.78, 5) is 14.4. The van der Waals surface area contributed by atoms with Gasteiger partial charge in [0, 0.05) is 26.3 Å². The molecule has 2 aromatic rings. The highest BCUT2D eigenvalue weighted by atomic mass is 16.5. The number of hydrogen-bond acceptors (Lipinski definition) is 3. The number of aromatic nitrogens is 1. The van der Waals surface area contributed by atoms with Crippen molar-refractivity contribution in [2.24, 2.45) is 7.05 Å². The number of carbonyl (C=O) groups is 1. The number of nitrogens with zero attached hydrogens (tertiary/aromatic N) is 2. The van der Waals surface area contributed by atoms with E-state index in [0.29, 0.717) is 24.5 Å². The maximum Gasteiger partial charge on any atom is 0.270 e. The summed E-state index contributed by atoms with van der Waals surface area (Å²) in [5.41, 5.74) is 8.00. The zero-order valence-electron chi connectivity index (χ0n) is 12.7. The zero-order valence-corrected chi connectivity index (χ0v) is 12.7. The molecule has 1 heterocycles. The smallest absolute Gasteiger partial charge is 0.270 e. The van der Waals surface area contributed by atoms with Crippen LogP contribution in [0.25, 0.3) is 0 Å². The van der Waals surface area contributed by atoms with Crippen LogP contribution in [-0.4, -0.2) is 29.0 Å². The number of hydrogen-bond donors (Lipinski definition) is 1. The highest BCUT2D eigenvalue weighted by Crippen LogP contribution is 2.16. The van der Waals surface area contributed by atoms with Gasteiger partial charge in [-0.1, -0.05) is 12.1 Å². The van der Waals surface area contributed by atoms with Crippen molar-refractivity contribution in [1.82, 2.24) is 9.47 Å². The Bertz CT molecular complexity index is 617. The minimum absolute atomic E-state index is 0.0208. The van der Waals surface area contributed by atoms with Crippen molar-refractivity contribution in [3.05, 3.63) is 47.8 Å². The van der Waals surface area contributed by atoms with Gasteiger partial charge in [0.15, 0.2) is 0 Å². The summed E-state index contributed by atoms with van der Waals surface area (Å²) in [6, 6.07) is 9.43. The number of carbonyl (C=O) groups excluding carboxylic acids is 1. The van der Waals surface area contributed by atoms with Crippen LogP contribution in [0.2, 0.25) is 0 Å². The molecule has 0 aliphatic carbocycles. The van der Waals surface area contributed by atoms with Crippen molar-refractivity contribution >= 4 is 11.6 Å². The molecule has 0 radical (unpaired) electrons. The van der Waals surface area contributed by atoms with Crippen molar-refractivity contribution in [1.29, 1.82) is 0 Å². The molecule has 21 heavy (non-hydrogen) atoms. The average Bonchev–Trinajstić information content (AvgIpc) is 2.83. The Hall–Kier alpha value is -2.43. The van der Waals surface area contributed by atoms with E-state index in [1.165, 1.54) is 0 Å². The summed E-state index contributed by atoms with van der Waals surface area (Å²) in [6.07, 6.45) is 1.74. The van der Waals surface area contributed by atoms with Gasteiger partial charge in [-0.05, 0) is 30.7 Å². The first-order valence-corrected chi connectivity index (χ1v) is 6.89. The van der Waals surface area contributed by atoms with E-state index < -0.39 is 0 Å². The van der Waals surface area contributed by atoms with Gasteiger partial charge in [-0.3, -0.25) is 4.79 Å². The van der Waals surface area contributed by atoms with E-state index in [-0.39, 0.29) is 5.91 Å². The molecule has 112 valence electrons. The lowest BCUT2D eigenvalue weighted by Crippen LogP contribution is -2.31. The molecule has 1 aromatic heterocycles. The van der Waals surface area contributed by atoms with Gasteiger partial charge in [-0.15, -0.1) is 0 Å². The number of methoxy groups -OCH3 is 1. The lowest BCUT2D eigenvalue weighted by molar-refractivity contribution is 0.0743. The van der Waals surface area contributed by atoms with E-state index >= 15 is 0 Å². The molecule has 0 bridgehead atoms. The SMILES string of the molecule is CCN(Cc1ccc(OC)cc1)C(=O)c1cc(N)cn1C. The van der Waals surface area contributed by atoms with E-state index in [0.717, 1.165) is 11.3 Å². The Morgan fingerprint density at radius 2 is 2.00 bits per heavy atom. The van der Waals surface area contributed by atoms with Crippen molar-refractivity contribution < 1.29 is 9.53 Å². The monoisotopic (exact) mass is 287 g/mol. The topological polar surface area (TPSA) is 60.5 Å². The van der Waals surface area contributed by atoms with Crippen LogP contribution >= 0.6 is 0 Å². The number of anilines is 1. The first-order chi connectivity index (χ1) is 10.0. The van der Waals surface area contributed by atoms with Crippen LogP contribution in [-0.2, 0) is 13.6 Å². The maximum atomic E-state index is 12.6. The van der Waals surface area contributed by atoms with Crippen molar-refractivity contribution in [3.8, 4) is 5.75 Å². The van der Waals surface area contributed by atoms with Crippen LogP contribution in [0.5, 0.6) is 5.75 Å². The fourth-order valence-corrected chi connectivity index (χ4v) is 2.24. The number of amides is 1. The van der Waals surface area contributed by atoms with E-state index in [2.05, 4.69) is 0 Å². The average molecular weight is 287 g/mol. The van der Waals surface area contributed by atoms with Crippen LogP contribution in [0.4, 0.5) is 5.69 Å².